The zero-order chi connectivity index (χ0) is 9.97. The quantitative estimate of drug-likeness (QED) is 0.784. The maximum atomic E-state index is 10.8. The molecule has 0 unspecified atom stereocenters. The smallest absolute Gasteiger partial charge is 0.268 e. The van der Waals surface area contributed by atoms with Gasteiger partial charge in [0.2, 0.25) is 0 Å². The van der Waals surface area contributed by atoms with Gasteiger partial charge in [0.15, 0.2) is 10.8 Å². The second-order valence-electron chi connectivity index (χ2n) is 2.47. The predicted octanol–water partition coefficient (Wildman–Crippen LogP) is 0.699. The van der Waals surface area contributed by atoms with Crippen molar-refractivity contribution in [1.29, 1.82) is 0 Å². The van der Waals surface area contributed by atoms with E-state index < -0.39 is 5.91 Å². The molecule has 0 radical (unpaired) electrons. The van der Waals surface area contributed by atoms with Crippen LogP contribution in [0.25, 0.3) is 10.8 Å². The van der Waals surface area contributed by atoms with Crippen molar-refractivity contribution in [2.45, 2.75) is 0 Å². The third-order valence-electron chi connectivity index (χ3n) is 1.51. The van der Waals surface area contributed by atoms with Gasteiger partial charge in [-0.3, -0.25) is 4.79 Å². The Labute approximate surface area is 83.7 Å². The number of nitrogens with two attached hydrogens (primary N) is 1. The summed E-state index contributed by atoms with van der Waals surface area (Å²) in [5.41, 5.74) is 5.32. The van der Waals surface area contributed by atoms with Crippen molar-refractivity contribution >= 4 is 17.2 Å². The van der Waals surface area contributed by atoms with Crippen LogP contribution >= 0.6 is 11.3 Å². The molecule has 2 aromatic heterocycles. The van der Waals surface area contributed by atoms with E-state index in [9.17, 15) is 4.79 Å². The summed E-state index contributed by atoms with van der Waals surface area (Å²) in [4.78, 5) is 22.8. The minimum absolute atomic E-state index is 0.248. The van der Waals surface area contributed by atoms with Gasteiger partial charge in [0.25, 0.3) is 5.91 Å². The largest absolute Gasteiger partial charge is 0.364 e. The summed E-state index contributed by atoms with van der Waals surface area (Å²) in [6.07, 6.45) is 3.24. The maximum Gasteiger partial charge on any atom is 0.268 e. The summed E-state index contributed by atoms with van der Waals surface area (Å²) in [5, 5.41) is 2.19. The molecule has 0 saturated heterocycles. The second kappa shape index (κ2) is 3.51. The Morgan fingerprint density at radius 2 is 2.07 bits per heavy atom. The molecule has 2 heterocycles. The number of amides is 1. The number of carbonyl (C=O) groups is 1. The molecule has 0 bridgehead atoms. The first-order valence-corrected chi connectivity index (χ1v) is 4.68. The number of nitrogens with zero attached hydrogens (tertiary/aromatic N) is 3. The lowest BCUT2D eigenvalue weighted by Crippen LogP contribution is -2.11. The Balaban J connectivity index is 2.39. The highest BCUT2D eigenvalue weighted by Crippen LogP contribution is 2.18. The number of hydrogen-bond acceptors (Lipinski definition) is 5. The van der Waals surface area contributed by atoms with Gasteiger partial charge in [0.05, 0.1) is 0 Å². The van der Waals surface area contributed by atoms with Crippen LogP contribution in [0, 0.1) is 0 Å². The topological polar surface area (TPSA) is 81.8 Å². The van der Waals surface area contributed by atoms with Gasteiger partial charge >= 0.3 is 0 Å². The molecule has 6 heteroatoms. The van der Waals surface area contributed by atoms with E-state index in [1.165, 1.54) is 11.3 Å². The van der Waals surface area contributed by atoms with Gasteiger partial charge in [0, 0.05) is 17.8 Å². The molecule has 0 aromatic carbocycles. The minimum atomic E-state index is -0.538. The average molecular weight is 206 g/mol. The average Bonchev–Trinajstić information content (AvgIpc) is 2.68. The molecule has 0 aliphatic rings. The molecular formula is C8H6N4OS. The van der Waals surface area contributed by atoms with E-state index >= 15 is 0 Å². The van der Waals surface area contributed by atoms with Crippen LogP contribution in [0.3, 0.4) is 0 Å². The summed E-state index contributed by atoms with van der Waals surface area (Å²) in [7, 11) is 0. The van der Waals surface area contributed by atoms with Crippen LogP contribution in [-0.4, -0.2) is 20.9 Å². The number of hydrogen-bond donors (Lipinski definition) is 1. The molecule has 0 aliphatic carbocycles. The highest BCUT2D eigenvalue weighted by Gasteiger charge is 2.09. The van der Waals surface area contributed by atoms with Crippen molar-refractivity contribution in [2.75, 3.05) is 0 Å². The Kier molecular flexibility index (Phi) is 2.19. The Hall–Kier alpha value is -1.82. The van der Waals surface area contributed by atoms with E-state index in [1.807, 2.05) is 0 Å². The van der Waals surface area contributed by atoms with Crippen molar-refractivity contribution in [3.63, 3.8) is 0 Å². The lowest BCUT2D eigenvalue weighted by Gasteiger charge is -1.90. The fraction of sp³-hybridized carbons (Fsp3) is 0. The van der Waals surface area contributed by atoms with Gasteiger partial charge in [-0.1, -0.05) is 0 Å². The normalized spacial score (nSPS) is 10.0. The van der Waals surface area contributed by atoms with Gasteiger partial charge in [-0.15, -0.1) is 11.3 Å². The van der Waals surface area contributed by atoms with Gasteiger partial charge in [-0.25, -0.2) is 15.0 Å². The van der Waals surface area contributed by atoms with Crippen molar-refractivity contribution in [3.05, 3.63) is 29.5 Å². The fourth-order valence-electron chi connectivity index (χ4n) is 0.899. The number of carbonyl (C=O) groups excluding carboxylic acids is 1. The van der Waals surface area contributed by atoms with Gasteiger partial charge < -0.3 is 5.73 Å². The number of aromatic nitrogens is 3. The van der Waals surface area contributed by atoms with Gasteiger partial charge in [-0.2, -0.15) is 0 Å². The first-order chi connectivity index (χ1) is 6.77. The van der Waals surface area contributed by atoms with E-state index in [0.717, 1.165) is 0 Å². The van der Waals surface area contributed by atoms with E-state index in [-0.39, 0.29) is 5.69 Å². The molecule has 2 N–H and O–H groups in total. The summed E-state index contributed by atoms with van der Waals surface area (Å²) >= 11 is 1.29. The van der Waals surface area contributed by atoms with Crippen LogP contribution in [0.1, 0.15) is 10.5 Å². The van der Waals surface area contributed by atoms with Gasteiger partial charge in [0.1, 0.15) is 5.69 Å². The predicted molar refractivity (Wildman–Crippen MR) is 51.7 cm³/mol. The molecule has 5 nitrogen and oxygen atoms in total. The molecule has 70 valence electrons. The molecule has 2 aromatic rings. The molecule has 0 spiro atoms. The molecule has 2 rings (SSSR count). The van der Waals surface area contributed by atoms with Crippen molar-refractivity contribution in [1.82, 2.24) is 15.0 Å². The van der Waals surface area contributed by atoms with Crippen molar-refractivity contribution in [3.8, 4) is 10.8 Å². The van der Waals surface area contributed by atoms with Crippen LogP contribution in [0.15, 0.2) is 23.8 Å². The lowest BCUT2D eigenvalue weighted by atomic mass is 10.5. The first-order valence-electron chi connectivity index (χ1n) is 3.80. The summed E-state index contributed by atoms with van der Waals surface area (Å²) in [5.74, 6) is -0.0339. The molecule has 14 heavy (non-hydrogen) atoms. The third kappa shape index (κ3) is 1.60. The van der Waals surface area contributed by atoms with E-state index in [2.05, 4.69) is 15.0 Å². The molecule has 1 amide bonds. The zero-order valence-electron chi connectivity index (χ0n) is 7.04. The Bertz CT molecular complexity index is 453. The monoisotopic (exact) mass is 206 g/mol. The summed E-state index contributed by atoms with van der Waals surface area (Å²) in [6.45, 7) is 0. The molecule has 0 fully saturated rings. The van der Waals surface area contributed by atoms with Crippen molar-refractivity contribution in [2.24, 2.45) is 5.73 Å². The van der Waals surface area contributed by atoms with Gasteiger partial charge in [-0.05, 0) is 6.07 Å². The maximum absolute atomic E-state index is 10.8. The Morgan fingerprint density at radius 3 is 2.64 bits per heavy atom. The molecule has 0 saturated carbocycles. The van der Waals surface area contributed by atoms with Crippen LogP contribution < -0.4 is 5.73 Å². The number of thiazole rings is 1. The molecule has 0 atom stereocenters. The number of rotatable bonds is 2. The summed E-state index contributed by atoms with van der Waals surface area (Å²) < 4.78 is 0. The van der Waals surface area contributed by atoms with E-state index in [0.29, 0.717) is 10.8 Å². The number of primary amides is 1. The Morgan fingerprint density at radius 1 is 1.36 bits per heavy atom. The molecular weight excluding hydrogens is 200 g/mol. The van der Waals surface area contributed by atoms with Crippen molar-refractivity contribution < 1.29 is 4.79 Å². The van der Waals surface area contributed by atoms with E-state index in [4.69, 9.17) is 5.73 Å². The standard InChI is InChI=1S/C8H6N4OS/c9-6(13)5-4-14-8(12-5)7-10-2-1-3-11-7/h1-4H,(H2,9,13). The first kappa shape index (κ1) is 8.76. The van der Waals surface area contributed by atoms with Crippen LogP contribution in [0.4, 0.5) is 0 Å². The lowest BCUT2D eigenvalue weighted by molar-refractivity contribution is 0.0996. The highest BCUT2D eigenvalue weighted by atomic mass is 32.1. The summed E-state index contributed by atoms with van der Waals surface area (Å²) in [6, 6.07) is 1.71. The second-order valence-corrected chi connectivity index (χ2v) is 3.33. The zero-order valence-corrected chi connectivity index (χ0v) is 7.86. The third-order valence-corrected chi connectivity index (χ3v) is 2.35. The fourth-order valence-corrected chi connectivity index (χ4v) is 1.65. The van der Waals surface area contributed by atoms with Crippen LogP contribution in [0.2, 0.25) is 0 Å². The van der Waals surface area contributed by atoms with Crippen LogP contribution in [-0.2, 0) is 0 Å². The highest BCUT2D eigenvalue weighted by molar-refractivity contribution is 7.13. The van der Waals surface area contributed by atoms with E-state index in [1.54, 1.807) is 23.8 Å². The SMILES string of the molecule is NC(=O)c1csc(-c2ncccn2)n1. The van der Waals surface area contributed by atoms with Crippen LogP contribution in [0.5, 0.6) is 0 Å². The molecule has 0 aliphatic heterocycles. The minimum Gasteiger partial charge on any atom is -0.364 e.